The lowest BCUT2D eigenvalue weighted by Gasteiger charge is -2.18. The topological polar surface area (TPSA) is 28.2 Å². The van der Waals surface area contributed by atoms with Gasteiger partial charge < -0.3 is 5.32 Å². The summed E-state index contributed by atoms with van der Waals surface area (Å²) in [6.07, 6.45) is 3.10. The minimum absolute atomic E-state index is 0.856. The zero-order valence-electron chi connectivity index (χ0n) is 11.7. The minimum Gasteiger partial charge on any atom is -0.311 e. The van der Waals surface area contributed by atoms with Crippen molar-refractivity contribution in [2.24, 2.45) is 0 Å². The number of likely N-dealkylation sites (N-methyl/N-ethyl adjacent to an activating group) is 1. The molecule has 3 heteroatoms. The van der Waals surface area contributed by atoms with Crippen LogP contribution in [0.25, 0.3) is 0 Å². The van der Waals surface area contributed by atoms with E-state index in [9.17, 15) is 0 Å². The number of hydrogen-bond acceptors (Lipinski definition) is 3. The van der Waals surface area contributed by atoms with Gasteiger partial charge in [-0.3, -0.25) is 9.88 Å². The predicted molar refractivity (Wildman–Crippen MR) is 77.4 cm³/mol. The highest BCUT2D eigenvalue weighted by molar-refractivity contribution is 5.11. The second-order valence-electron chi connectivity index (χ2n) is 4.41. The van der Waals surface area contributed by atoms with E-state index in [-0.39, 0.29) is 0 Å². The summed E-state index contributed by atoms with van der Waals surface area (Å²) in [5.41, 5.74) is 2.25. The minimum atomic E-state index is 0.856. The lowest BCUT2D eigenvalue weighted by Crippen LogP contribution is -2.23. The number of nitrogens with one attached hydrogen (secondary N) is 1. The van der Waals surface area contributed by atoms with Crippen molar-refractivity contribution in [3.8, 4) is 0 Å². The van der Waals surface area contributed by atoms with E-state index < -0.39 is 0 Å². The molecule has 0 aliphatic carbocycles. The molecule has 0 unspecified atom stereocenters. The van der Waals surface area contributed by atoms with E-state index in [2.05, 4.69) is 53.8 Å². The van der Waals surface area contributed by atoms with Crippen molar-refractivity contribution < 1.29 is 0 Å². The molecule has 0 aliphatic heterocycles. The first-order valence-electron chi connectivity index (χ1n) is 6.78. The largest absolute Gasteiger partial charge is 0.311 e. The standard InChI is InChI=1S/C15H25N3/c1-4-10-16-12-14-8-7-9-15(17-14)13-18(6-3)11-5-2/h5,7-9,16H,2,4,6,10-13H2,1,3H3. The van der Waals surface area contributed by atoms with Crippen molar-refractivity contribution in [3.63, 3.8) is 0 Å². The molecular formula is C15H25N3. The molecule has 0 bridgehead atoms. The Hall–Kier alpha value is -1.19. The van der Waals surface area contributed by atoms with E-state index in [0.717, 1.165) is 50.5 Å². The van der Waals surface area contributed by atoms with Gasteiger partial charge in [0.2, 0.25) is 0 Å². The summed E-state index contributed by atoms with van der Waals surface area (Å²) in [5.74, 6) is 0. The SMILES string of the molecule is C=CCN(CC)Cc1cccc(CNCCC)n1. The Kier molecular flexibility index (Phi) is 7.30. The molecule has 0 amide bonds. The number of hydrogen-bond donors (Lipinski definition) is 1. The average Bonchev–Trinajstić information content (AvgIpc) is 2.39. The molecule has 0 atom stereocenters. The first kappa shape index (κ1) is 14.9. The van der Waals surface area contributed by atoms with Crippen LogP contribution in [0.1, 0.15) is 31.7 Å². The summed E-state index contributed by atoms with van der Waals surface area (Å²) >= 11 is 0. The fraction of sp³-hybridized carbons (Fsp3) is 0.533. The summed E-state index contributed by atoms with van der Waals surface area (Å²) in [4.78, 5) is 6.99. The van der Waals surface area contributed by atoms with Crippen molar-refractivity contribution in [2.45, 2.75) is 33.4 Å². The molecule has 0 aliphatic rings. The maximum atomic E-state index is 4.68. The van der Waals surface area contributed by atoms with Crippen molar-refractivity contribution in [1.82, 2.24) is 15.2 Å². The molecule has 0 aromatic carbocycles. The monoisotopic (exact) mass is 247 g/mol. The van der Waals surface area contributed by atoms with Gasteiger partial charge in [-0.05, 0) is 31.6 Å². The van der Waals surface area contributed by atoms with Crippen LogP contribution in [0.5, 0.6) is 0 Å². The second-order valence-corrected chi connectivity index (χ2v) is 4.41. The van der Waals surface area contributed by atoms with Crippen LogP contribution >= 0.6 is 0 Å². The molecule has 0 spiro atoms. The predicted octanol–water partition coefficient (Wildman–Crippen LogP) is 2.59. The molecule has 1 N–H and O–H groups in total. The van der Waals surface area contributed by atoms with Crippen molar-refractivity contribution >= 4 is 0 Å². The van der Waals surface area contributed by atoms with Crippen LogP contribution in [0.4, 0.5) is 0 Å². The third kappa shape index (κ3) is 5.43. The fourth-order valence-corrected chi connectivity index (χ4v) is 1.83. The lowest BCUT2D eigenvalue weighted by molar-refractivity contribution is 0.307. The number of pyridine rings is 1. The smallest absolute Gasteiger partial charge is 0.0547 e. The summed E-state index contributed by atoms with van der Waals surface area (Å²) < 4.78 is 0. The van der Waals surface area contributed by atoms with Gasteiger partial charge in [0.05, 0.1) is 11.4 Å². The number of rotatable bonds is 9. The molecule has 0 fully saturated rings. The molecule has 1 rings (SSSR count). The Balaban J connectivity index is 2.54. The second kappa shape index (κ2) is 8.84. The molecule has 3 nitrogen and oxygen atoms in total. The van der Waals surface area contributed by atoms with Gasteiger partial charge in [-0.1, -0.05) is 26.0 Å². The quantitative estimate of drug-likeness (QED) is 0.537. The normalized spacial score (nSPS) is 10.8. The molecular weight excluding hydrogens is 222 g/mol. The van der Waals surface area contributed by atoms with Gasteiger partial charge in [-0.2, -0.15) is 0 Å². The van der Waals surface area contributed by atoms with Gasteiger partial charge in [0.15, 0.2) is 0 Å². The van der Waals surface area contributed by atoms with Crippen LogP contribution in [0.15, 0.2) is 30.9 Å². The van der Waals surface area contributed by atoms with Crippen LogP contribution in [0, 0.1) is 0 Å². The van der Waals surface area contributed by atoms with Crippen LogP contribution < -0.4 is 5.32 Å². The van der Waals surface area contributed by atoms with E-state index in [4.69, 9.17) is 0 Å². The van der Waals surface area contributed by atoms with Gasteiger partial charge in [-0.15, -0.1) is 6.58 Å². The third-order valence-electron chi connectivity index (χ3n) is 2.82. The van der Waals surface area contributed by atoms with Crippen LogP contribution in [0.3, 0.4) is 0 Å². The highest BCUT2D eigenvalue weighted by atomic mass is 15.1. The molecule has 1 aromatic heterocycles. The Labute approximate surface area is 111 Å². The molecule has 0 radical (unpaired) electrons. The summed E-state index contributed by atoms with van der Waals surface area (Å²) in [5, 5.41) is 3.38. The van der Waals surface area contributed by atoms with Gasteiger partial charge in [-0.25, -0.2) is 0 Å². The Morgan fingerprint density at radius 2 is 2.11 bits per heavy atom. The van der Waals surface area contributed by atoms with E-state index in [1.54, 1.807) is 0 Å². The average molecular weight is 247 g/mol. The summed E-state index contributed by atoms with van der Waals surface area (Å²) in [6.45, 7) is 12.8. The van der Waals surface area contributed by atoms with Crippen LogP contribution in [-0.4, -0.2) is 29.5 Å². The van der Waals surface area contributed by atoms with Crippen molar-refractivity contribution in [2.75, 3.05) is 19.6 Å². The van der Waals surface area contributed by atoms with Crippen LogP contribution in [0.2, 0.25) is 0 Å². The highest BCUT2D eigenvalue weighted by Crippen LogP contribution is 2.04. The molecule has 100 valence electrons. The van der Waals surface area contributed by atoms with E-state index in [0.29, 0.717) is 0 Å². The van der Waals surface area contributed by atoms with Gasteiger partial charge in [0.25, 0.3) is 0 Å². The van der Waals surface area contributed by atoms with Gasteiger partial charge >= 0.3 is 0 Å². The fourth-order valence-electron chi connectivity index (χ4n) is 1.83. The maximum absolute atomic E-state index is 4.68. The van der Waals surface area contributed by atoms with E-state index in [1.165, 1.54) is 0 Å². The summed E-state index contributed by atoms with van der Waals surface area (Å²) in [6, 6.07) is 6.26. The highest BCUT2D eigenvalue weighted by Gasteiger charge is 2.03. The zero-order valence-corrected chi connectivity index (χ0v) is 11.7. The summed E-state index contributed by atoms with van der Waals surface area (Å²) in [7, 11) is 0. The van der Waals surface area contributed by atoms with Crippen molar-refractivity contribution in [3.05, 3.63) is 42.2 Å². The maximum Gasteiger partial charge on any atom is 0.0547 e. The first-order chi connectivity index (χ1) is 8.80. The van der Waals surface area contributed by atoms with E-state index in [1.807, 2.05) is 6.08 Å². The lowest BCUT2D eigenvalue weighted by atomic mass is 10.2. The van der Waals surface area contributed by atoms with Crippen LogP contribution in [-0.2, 0) is 13.1 Å². The Morgan fingerprint density at radius 3 is 2.78 bits per heavy atom. The molecule has 0 saturated heterocycles. The first-order valence-corrected chi connectivity index (χ1v) is 6.78. The molecule has 1 aromatic rings. The number of aromatic nitrogens is 1. The Morgan fingerprint density at radius 1 is 1.33 bits per heavy atom. The zero-order chi connectivity index (χ0) is 13.2. The number of nitrogens with zero attached hydrogens (tertiary/aromatic N) is 2. The molecule has 0 saturated carbocycles. The van der Waals surface area contributed by atoms with Crippen molar-refractivity contribution in [1.29, 1.82) is 0 Å². The Bertz CT molecular complexity index is 349. The molecule has 18 heavy (non-hydrogen) atoms. The van der Waals surface area contributed by atoms with Gasteiger partial charge in [0, 0.05) is 19.6 Å². The van der Waals surface area contributed by atoms with Gasteiger partial charge in [0.1, 0.15) is 0 Å². The molecule has 1 heterocycles. The third-order valence-corrected chi connectivity index (χ3v) is 2.82. The van der Waals surface area contributed by atoms with E-state index >= 15 is 0 Å².